The van der Waals surface area contributed by atoms with Crippen LogP contribution in [0.1, 0.15) is 20.8 Å². The van der Waals surface area contributed by atoms with Gasteiger partial charge in [0.25, 0.3) is 0 Å². The van der Waals surface area contributed by atoms with E-state index in [1.54, 1.807) is 24.3 Å². The topological polar surface area (TPSA) is 46.2 Å². The molecule has 0 spiro atoms. The predicted molar refractivity (Wildman–Crippen MR) is 75.8 cm³/mol. The molecule has 18 heavy (non-hydrogen) atoms. The van der Waals surface area contributed by atoms with Crippen molar-refractivity contribution in [2.45, 2.75) is 31.7 Å². The van der Waals surface area contributed by atoms with Gasteiger partial charge in [-0.3, -0.25) is 0 Å². The fourth-order valence-electron chi connectivity index (χ4n) is 1.72. The van der Waals surface area contributed by atoms with Gasteiger partial charge in [0.15, 0.2) is 9.84 Å². The fourth-order valence-corrected chi connectivity index (χ4v) is 3.57. The Labute approximate surface area is 114 Å². The van der Waals surface area contributed by atoms with Crippen molar-refractivity contribution in [3.8, 4) is 0 Å². The third-order valence-electron chi connectivity index (χ3n) is 2.84. The van der Waals surface area contributed by atoms with Gasteiger partial charge in [0.2, 0.25) is 0 Å². The van der Waals surface area contributed by atoms with E-state index in [-0.39, 0.29) is 17.7 Å². The molecule has 0 saturated carbocycles. The fraction of sp³-hybridized carbons (Fsp3) is 0.538. The van der Waals surface area contributed by atoms with Crippen LogP contribution in [-0.4, -0.2) is 26.8 Å². The molecule has 0 bridgehead atoms. The van der Waals surface area contributed by atoms with Gasteiger partial charge in [0.1, 0.15) is 0 Å². The zero-order valence-electron chi connectivity index (χ0n) is 11.0. The second-order valence-corrected chi connectivity index (χ2v) is 7.11. The van der Waals surface area contributed by atoms with Crippen LogP contribution in [0.4, 0.5) is 0 Å². The summed E-state index contributed by atoms with van der Waals surface area (Å²) in [4.78, 5) is 0.329. The molecule has 5 heteroatoms. The molecule has 1 aromatic carbocycles. The molecule has 1 unspecified atom stereocenters. The molecular formula is C13H20ClNO2S. The van der Waals surface area contributed by atoms with E-state index in [0.29, 0.717) is 9.92 Å². The number of nitrogens with one attached hydrogen (secondary N) is 1. The van der Waals surface area contributed by atoms with Crippen molar-refractivity contribution < 1.29 is 8.42 Å². The summed E-state index contributed by atoms with van der Waals surface area (Å²) >= 11 is 5.76. The molecule has 3 nitrogen and oxygen atoms in total. The number of halogens is 1. The molecule has 102 valence electrons. The molecule has 0 aromatic heterocycles. The summed E-state index contributed by atoms with van der Waals surface area (Å²) in [7, 11) is -3.26. The van der Waals surface area contributed by atoms with Crippen LogP contribution >= 0.6 is 11.6 Å². The van der Waals surface area contributed by atoms with Gasteiger partial charge in [0, 0.05) is 11.1 Å². The SMILES string of the molecule is CCNC(CS(=O)(=O)c1ccc(Cl)cc1)C(C)C. The number of rotatable bonds is 6. The van der Waals surface area contributed by atoms with Crippen LogP contribution in [-0.2, 0) is 9.84 Å². The van der Waals surface area contributed by atoms with Crippen LogP contribution < -0.4 is 5.32 Å². The zero-order valence-corrected chi connectivity index (χ0v) is 12.6. The molecule has 0 aliphatic rings. The van der Waals surface area contributed by atoms with E-state index in [4.69, 9.17) is 11.6 Å². The molecule has 0 radical (unpaired) electrons. The van der Waals surface area contributed by atoms with Gasteiger partial charge in [-0.25, -0.2) is 8.42 Å². The molecule has 0 aliphatic heterocycles. The molecule has 0 saturated heterocycles. The number of sulfone groups is 1. The summed E-state index contributed by atoms with van der Waals surface area (Å²) in [6.45, 7) is 6.78. The van der Waals surface area contributed by atoms with Gasteiger partial charge < -0.3 is 5.32 Å². The minimum atomic E-state index is -3.26. The number of hydrogen-bond donors (Lipinski definition) is 1. The van der Waals surface area contributed by atoms with Crippen molar-refractivity contribution in [2.24, 2.45) is 5.92 Å². The van der Waals surface area contributed by atoms with Gasteiger partial charge in [-0.2, -0.15) is 0 Å². The quantitative estimate of drug-likeness (QED) is 0.876. The van der Waals surface area contributed by atoms with Gasteiger partial charge >= 0.3 is 0 Å². The van der Waals surface area contributed by atoms with E-state index in [1.807, 2.05) is 20.8 Å². The summed E-state index contributed by atoms with van der Waals surface area (Å²) in [5.41, 5.74) is 0. The van der Waals surface area contributed by atoms with E-state index in [2.05, 4.69) is 5.32 Å². The Morgan fingerprint density at radius 2 is 1.78 bits per heavy atom. The smallest absolute Gasteiger partial charge is 0.179 e. The molecule has 1 aromatic rings. The first-order chi connectivity index (χ1) is 8.36. The maximum atomic E-state index is 12.3. The zero-order chi connectivity index (χ0) is 13.8. The van der Waals surface area contributed by atoms with Crippen LogP contribution in [0.5, 0.6) is 0 Å². The first-order valence-electron chi connectivity index (χ1n) is 6.08. The van der Waals surface area contributed by atoms with Crippen LogP contribution in [0.2, 0.25) is 5.02 Å². The van der Waals surface area contributed by atoms with Crippen molar-refractivity contribution in [2.75, 3.05) is 12.3 Å². The monoisotopic (exact) mass is 289 g/mol. The Morgan fingerprint density at radius 1 is 1.22 bits per heavy atom. The summed E-state index contributed by atoms with van der Waals surface area (Å²) in [6, 6.07) is 6.29. The van der Waals surface area contributed by atoms with Gasteiger partial charge in [0.05, 0.1) is 10.6 Å². The first kappa shape index (κ1) is 15.5. The minimum absolute atomic E-state index is 0.0318. The molecule has 1 N–H and O–H groups in total. The number of benzene rings is 1. The van der Waals surface area contributed by atoms with Crippen molar-refractivity contribution in [1.29, 1.82) is 0 Å². The highest BCUT2D eigenvalue weighted by Crippen LogP contribution is 2.17. The molecular weight excluding hydrogens is 270 g/mol. The molecule has 1 rings (SSSR count). The van der Waals surface area contributed by atoms with Gasteiger partial charge in [-0.15, -0.1) is 0 Å². The largest absolute Gasteiger partial charge is 0.313 e. The Bertz CT molecular complexity index is 468. The average Bonchev–Trinajstić information content (AvgIpc) is 2.28. The third-order valence-corrected chi connectivity index (χ3v) is 4.88. The van der Waals surface area contributed by atoms with Crippen LogP contribution in [0.3, 0.4) is 0 Å². The van der Waals surface area contributed by atoms with E-state index >= 15 is 0 Å². The van der Waals surface area contributed by atoms with Crippen LogP contribution in [0, 0.1) is 5.92 Å². The average molecular weight is 290 g/mol. The summed E-state index contributed by atoms with van der Waals surface area (Å²) in [6.07, 6.45) is 0. The van der Waals surface area contributed by atoms with Crippen LogP contribution in [0.15, 0.2) is 29.2 Å². The number of hydrogen-bond acceptors (Lipinski definition) is 3. The lowest BCUT2D eigenvalue weighted by molar-refractivity contribution is 0.435. The third kappa shape index (κ3) is 4.26. The highest BCUT2D eigenvalue weighted by atomic mass is 35.5. The van der Waals surface area contributed by atoms with Crippen molar-refractivity contribution in [3.05, 3.63) is 29.3 Å². The Hall–Kier alpha value is -0.580. The second kappa shape index (κ2) is 6.55. The lowest BCUT2D eigenvalue weighted by Gasteiger charge is -2.21. The molecule has 0 aliphatic carbocycles. The Kier molecular flexibility index (Phi) is 5.63. The Morgan fingerprint density at radius 3 is 2.22 bits per heavy atom. The van der Waals surface area contributed by atoms with Gasteiger partial charge in [-0.05, 0) is 36.7 Å². The van der Waals surface area contributed by atoms with Gasteiger partial charge in [-0.1, -0.05) is 32.4 Å². The van der Waals surface area contributed by atoms with Crippen molar-refractivity contribution in [3.63, 3.8) is 0 Å². The summed E-state index contributed by atoms with van der Waals surface area (Å²) in [5.74, 6) is 0.382. The van der Waals surface area contributed by atoms with E-state index < -0.39 is 9.84 Å². The maximum Gasteiger partial charge on any atom is 0.179 e. The first-order valence-corrected chi connectivity index (χ1v) is 8.11. The highest BCUT2D eigenvalue weighted by Gasteiger charge is 2.22. The van der Waals surface area contributed by atoms with E-state index in [9.17, 15) is 8.42 Å². The highest BCUT2D eigenvalue weighted by molar-refractivity contribution is 7.91. The maximum absolute atomic E-state index is 12.3. The van der Waals surface area contributed by atoms with Crippen molar-refractivity contribution in [1.82, 2.24) is 5.32 Å². The van der Waals surface area contributed by atoms with E-state index in [0.717, 1.165) is 6.54 Å². The molecule has 0 heterocycles. The second-order valence-electron chi connectivity index (χ2n) is 4.64. The van der Waals surface area contributed by atoms with E-state index in [1.165, 1.54) is 0 Å². The molecule has 0 amide bonds. The molecule has 0 fully saturated rings. The lowest BCUT2D eigenvalue weighted by atomic mass is 10.1. The standard InChI is InChI=1S/C13H20ClNO2S/c1-4-15-13(10(2)3)9-18(16,17)12-7-5-11(14)6-8-12/h5-8,10,13,15H,4,9H2,1-3H3. The minimum Gasteiger partial charge on any atom is -0.313 e. The van der Waals surface area contributed by atoms with Crippen LogP contribution in [0.25, 0.3) is 0 Å². The predicted octanol–water partition coefficient (Wildman–Crippen LogP) is 2.75. The lowest BCUT2D eigenvalue weighted by Crippen LogP contribution is -2.39. The summed E-state index contributed by atoms with van der Waals surface area (Å²) in [5, 5.41) is 3.76. The van der Waals surface area contributed by atoms with Crippen molar-refractivity contribution >= 4 is 21.4 Å². The Balaban J connectivity index is 2.89. The normalized spacial score (nSPS) is 13.8. The summed E-state index contributed by atoms with van der Waals surface area (Å²) < 4.78 is 24.5. The molecule has 1 atom stereocenters.